The number of hydrogen-bond donors (Lipinski definition) is 1. The molecule has 4 aromatic rings. The van der Waals surface area contributed by atoms with Crippen LogP contribution in [-0.2, 0) is 12.8 Å². The Kier molecular flexibility index (Phi) is 9.60. The quantitative estimate of drug-likeness (QED) is 0.113. The van der Waals surface area contributed by atoms with E-state index in [0.717, 1.165) is 31.2 Å². The minimum Gasteiger partial charge on any atom is -0.411 e. The van der Waals surface area contributed by atoms with Gasteiger partial charge >= 0.3 is 0 Å². The second kappa shape index (κ2) is 12.9. The van der Waals surface area contributed by atoms with Crippen LogP contribution in [0.1, 0.15) is 27.0 Å². The Morgan fingerprint density at radius 2 is 1.03 bits per heavy atom. The average molecular weight is 565 g/mol. The molecule has 0 saturated heterocycles. The first-order valence-electron chi connectivity index (χ1n) is 10.4. The summed E-state index contributed by atoms with van der Waals surface area (Å²) in [7, 11) is 0. The third kappa shape index (κ3) is 8.12. The van der Waals surface area contributed by atoms with Crippen LogP contribution in [0, 0.1) is 0 Å². The molecule has 0 fully saturated rings. The van der Waals surface area contributed by atoms with E-state index in [1.807, 2.05) is 109 Å². The molecular formula is C28H23Br2NO2. The number of oxime groups is 1. The van der Waals surface area contributed by atoms with Gasteiger partial charge in [0.2, 0.25) is 0 Å². The van der Waals surface area contributed by atoms with Crippen molar-refractivity contribution in [2.75, 3.05) is 0 Å². The van der Waals surface area contributed by atoms with Crippen molar-refractivity contribution < 1.29 is 10.0 Å². The molecular weight excluding hydrogens is 542 g/mol. The fraction of sp³-hybridized carbons (Fsp3) is 0.0714. The van der Waals surface area contributed by atoms with Crippen molar-refractivity contribution in [3.63, 3.8) is 0 Å². The highest BCUT2D eigenvalue weighted by atomic mass is 79.9. The van der Waals surface area contributed by atoms with Crippen LogP contribution in [0.5, 0.6) is 0 Å². The monoisotopic (exact) mass is 563 g/mol. The van der Waals surface area contributed by atoms with E-state index < -0.39 is 0 Å². The SMILES string of the molecule is O=C(Cc1ccccc1)c1ccc(Br)cc1.ON=C(Cc1ccccc1)c1ccc(Br)cc1. The molecule has 0 saturated carbocycles. The van der Waals surface area contributed by atoms with E-state index in [2.05, 4.69) is 37.0 Å². The van der Waals surface area contributed by atoms with Crippen molar-refractivity contribution in [1.29, 1.82) is 0 Å². The zero-order valence-electron chi connectivity index (χ0n) is 17.9. The van der Waals surface area contributed by atoms with Crippen LogP contribution in [0.4, 0.5) is 0 Å². The van der Waals surface area contributed by atoms with Crippen LogP contribution < -0.4 is 0 Å². The first-order chi connectivity index (χ1) is 16.0. The van der Waals surface area contributed by atoms with Gasteiger partial charge in [-0.3, -0.25) is 4.79 Å². The van der Waals surface area contributed by atoms with Crippen LogP contribution in [0.3, 0.4) is 0 Å². The number of rotatable bonds is 6. The fourth-order valence-electron chi connectivity index (χ4n) is 3.15. The molecule has 166 valence electrons. The maximum atomic E-state index is 11.9. The summed E-state index contributed by atoms with van der Waals surface area (Å²) in [5, 5.41) is 12.5. The molecule has 33 heavy (non-hydrogen) atoms. The standard InChI is InChI=1S/C14H12BrNO.C14H11BrO/c15-13-8-6-12(7-9-13)14(16-17)10-11-4-2-1-3-5-11;15-13-8-6-12(7-9-13)14(16)10-11-4-2-1-3-5-11/h1-9,17H,10H2;1-9H,10H2. The van der Waals surface area contributed by atoms with E-state index in [1.165, 1.54) is 0 Å². The molecule has 0 aromatic heterocycles. The summed E-state index contributed by atoms with van der Waals surface area (Å²) < 4.78 is 2.00. The lowest BCUT2D eigenvalue weighted by molar-refractivity contribution is 0.0993. The highest BCUT2D eigenvalue weighted by molar-refractivity contribution is 9.10. The van der Waals surface area contributed by atoms with Gasteiger partial charge in [-0.25, -0.2) is 0 Å². The predicted octanol–water partition coefficient (Wildman–Crippen LogP) is 7.74. The van der Waals surface area contributed by atoms with Crippen LogP contribution in [0.25, 0.3) is 0 Å². The number of benzene rings is 4. The Balaban J connectivity index is 0.000000186. The van der Waals surface area contributed by atoms with Crippen LogP contribution >= 0.6 is 31.9 Å². The number of hydrogen-bond acceptors (Lipinski definition) is 3. The van der Waals surface area contributed by atoms with Crippen LogP contribution in [0.2, 0.25) is 0 Å². The number of ketones is 1. The molecule has 0 aliphatic heterocycles. The number of halogens is 2. The Morgan fingerprint density at radius 3 is 1.48 bits per heavy atom. The summed E-state index contributed by atoms with van der Waals surface area (Å²) >= 11 is 6.73. The Hall–Kier alpha value is -3.02. The second-order valence-electron chi connectivity index (χ2n) is 7.31. The van der Waals surface area contributed by atoms with Crippen LogP contribution in [-0.4, -0.2) is 16.7 Å². The van der Waals surface area contributed by atoms with Gasteiger partial charge in [0.25, 0.3) is 0 Å². The van der Waals surface area contributed by atoms with Crippen molar-refractivity contribution >= 4 is 43.4 Å². The average Bonchev–Trinajstić information content (AvgIpc) is 2.85. The smallest absolute Gasteiger partial charge is 0.167 e. The number of nitrogens with zero attached hydrogens (tertiary/aromatic N) is 1. The van der Waals surface area contributed by atoms with E-state index >= 15 is 0 Å². The highest BCUT2D eigenvalue weighted by Crippen LogP contribution is 2.14. The van der Waals surface area contributed by atoms with Crippen LogP contribution in [0.15, 0.2) is 123 Å². The molecule has 0 amide bonds. The third-order valence-corrected chi connectivity index (χ3v) is 5.94. The molecule has 3 nitrogen and oxygen atoms in total. The first kappa shape index (κ1) is 24.6. The molecule has 4 rings (SSSR count). The topological polar surface area (TPSA) is 49.7 Å². The fourth-order valence-corrected chi connectivity index (χ4v) is 3.67. The van der Waals surface area contributed by atoms with Gasteiger partial charge in [0.1, 0.15) is 0 Å². The second-order valence-corrected chi connectivity index (χ2v) is 9.14. The minimum absolute atomic E-state index is 0.152. The highest BCUT2D eigenvalue weighted by Gasteiger charge is 2.06. The van der Waals surface area contributed by atoms with Crippen molar-refractivity contribution in [2.45, 2.75) is 12.8 Å². The first-order valence-corrected chi connectivity index (χ1v) is 12.0. The molecule has 0 aliphatic rings. The number of carbonyl (C=O) groups is 1. The van der Waals surface area contributed by atoms with E-state index in [0.29, 0.717) is 18.6 Å². The summed E-state index contributed by atoms with van der Waals surface area (Å²) in [6.07, 6.45) is 1.08. The van der Waals surface area contributed by atoms with E-state index in [4.69, 9.17) is 5.21 Å². The molecule has 0 unspecified atom stereocenters. The van der Waals surface area contributed by atoms with Gasteiger partial charge in [-0.2, -0.15) is 0 Å². The van der Waals surface area contributed by atoms with E-state index in [-0.39, 0.29) is 5.78 Å². The Bertz CT molecular complexity index is 1170. The van der Waals surface area contributed by atoms with Gasteiger partial charge in [-0.05, 0) is 41.0 Å². The van der Waals surface area contributed by atoms with Gasteiger partial charge in [0.05, 0.1) is 5.71 Å². The van der Waals surface area contributed by atoms with Gasteiger partial charge < -0.3 is 5.21 Å². The third-order valence-electron chi connectivity index (χ3n) is 4.89. The van der Waals surface area contributed by atoms with Gasteiger partial charge in [-0.1, -0.05) is 122 Å². The summed E-state index contributed by atoms with van der Waals surface area (Å²) in [5.74, 6) is 0.152. The molecule has 5 heteroatoms. The number of carbonyl (C=O) groups excluding carboxylic acids is 1. The molecule has 0 spiro atoms. The molecule has 1 N–H and O–H groups in total. The minimum atomic E-state index is 0.152. The molecule has 0 heterocycles. The lowest BCUT2D eigenvalue weighted by atomic mass is 10.0. The van der Waals surface area contributed by atoms with Crippen molar-refractivity contribution in [1.82, 2.24) is 0 Å². The lowest BCUT2D eigenvalue weighted by Gasteiger charge is -2.05. The Morgan fingerprint density at radius 1 is 0.606 bits per heavy atom. The van der Waals surface area contributed by atoms with E-state index in [1.54, 1.807) is 0 Å². The van der Waals surface area contributed by atoms with E-state index in [9.17, 15) is 4.79 Å². The zero-order chi connectivity index (χ0) is 23.5. The summed E-state index contributed by atoms with van der Waals surface area (Å²) in [5.41, 5.74) is 4.54. The molecule has 0 aliphatic carbocycles. The summed E-state index contributed by atoms with van der Waals surface area (Å²) in [6, 6.07) is 34.9. The van der Waals surface area contributed by atoms with Crippen molar-refractivity contribution in [3.05, 3.63) is 140 Å². The largest absolute Gasteiger partial charge is 0.411 e. The molecule has 0 radical (unpaired) electrons. The maximum Gasteiger partial charge on any atom is 0.167 e. The zero-order valence-corrected chi connectivity index (χ0v) is 21.0. The summed E-state index contributed by atoms with van der Waals surface area (Å²) in [6.45, 7) is 0. The molecule has 4 aromatic carbocycles. The van der Waals surface area contributed by atoms with Crippen molar-refractivity contribution in [3.8, 4) is 0 Å². The van der Waals surface area contributed by atoms with Gasteiger partial charge in [0, 0.05) is 27.4 Å². The lowest BCUT2D eigenvalue weighted by Crippen LogP contribution is -2.05. The predicted molar refractivity (Wildman–Crippen MR) is 141 cm³/mol. The van der Waals surface area contributed by atoms with Gasteiger partial charge in [-0.15, -0.1) is 0 Å². The molecule has 0 bridgehead atoms. The normalized spacial score (nSPS) is 10.8. The van der Waals surface area contributed by atoms with Gasteiger partial charge in [0.15, 0.2) is 5.78 Å². The Labute approximate surface area is 211 Å². The summed E-state index contributed by atoms with van der Waals surface area (Å²) in [4.78, 5) is 11.9. The maximum absolute atomic E-state index is 11.9. The number of Topliss-reactive ketones (excluding diaryl/α,β-unsaturated/α-hetero) is 1. The molecule has 0 atom stereocenters. The van der Waals surface area contributed by atoms with Crippen molar-refractivity contribution in [2.24, 2.45) is 5.16 Å².